The van der Waals surface area contributed by atoms with E-state index in [-0.39, 0.29) is 0 Å². The van der Waals surface area contributed by atoms with Gasteiger partial charge in [0.1, 0.15) is 0 Å². The first kappa shape index (κ1) is 36.6. The third-order valence-corrected chi connectivity index (χ3v) is 12.9. The molecular weight excluding hydrogens is 763 g/mol. The van der Waals surface area contributed by atoms with Gasteiger partial charge in [0.2, 0.25) is 0 Å². The minimum atomic E-state index is -0.581. The summed E-state index contributed by atoms with van der Waals surface area (Å²) in [6.07, 6.45) is 3.70. The van der Waals surface area contributed by atoms with Crippen molar-refractivity contribution in [1.29, 1.82) is 0 Å². The van der Waals surface area contributed by atoms with Gasteiger partial charge in [-0.3, -0.25) is 4.98 Å². The molecule has 0 spiro atoms. The van der Waals surface area contributed by atoms with Gasteiger partial charge >= 0.3 is 0 Å². The summed E-state index contributed by atoms with van der Waals surface area (Å²) < 4.78 is 0. The Morgan fingerprint density at radius 3 is 1.51 bits per heavy atom. The Hall–Kier alpha value is -8.27. The highest BCUT2D eigenvalue weighted by molar-refractivity contribution is 6.07. The maximum absolute atomic E-state index is 5.34. The van der Waals surface area contributed by atoms with Crippen LogP contribution in [0.3, 0.4) is 0 Å². The number of nitrogens with zero attached hydrogens (tertiary/aromatic N) is 3. The molecule has 11 aromatic rings. The smallest absolute Gasteiger partial charge is 0.161 e. The number of rotatable bonds is 7. The van der Waals surface area contributed by atoms with Gasteiger partial charge in [0, 0.05) is 29.1 Å². The zero-order valence-electron chi connectivity index (χ0n) is 34.4. The Balaban J connectivity index is 1.09. The summed E-state index contributed by atoms with van der Waals surface area (Å²) >= 11 is 0. The Labute approximate surface area is 366 Å². The number of pyridine rings is 1. The fourth-order valence-corrected chi connectivity index (χ4v) is 10.0. The molecule has 3 heteroatoms. The Bertz CT molecular complexity index is 3430. The average molecular weight is 802 g/mol. The van der Waals surface area contributed by atoms with E-state index in [4.69, 9.17) is 9.97 Å². The molecule has 1 aliphatic rings. The number of fused-ring (bicyclic) bond motifs is 5. The van der Waals surface area contributed by atoms with E-state index in [1.807, 2.05) is 18.3 Å². The second-order valence-electron chi connectivity index (χ2n) is 16.3. The van der Waals surface area contributed by atoms with Crippen molar-refractivity contribution in [3.8, 4) is 67.3 Å². The maximum Gasteiger partial charge on any atom is 0.161 e. The fraction of sp³-hybridized carbons (Fsp3) is 0.0167. The summed E-state index contributed by atoms with van der Waals surface area (Å²) in [5, 5.41) is 4.72. The largest absolute Gasteiger partial charge is 0.264 e. The quantitative estimate of drug-likeness (QED) is 0.161. The third-order valence-electron chi connectivity index (χ3n) is 12.9. The van der Waals surface area contributed by atoms with Crippen molar-refractivity contribution < 1.29 is 0 Å². The minimum Gasteiger partial charge on any atom is -0.264 e. The summed E-state index contributed by atoms with van der Waals surface area (Å²) in [4.78, 5) is 15.0. The van der Waals surface area contributed by atoms with Crippen LogP contribution in [0.4, 0.5) is 0 Å². The van der Waals surface area contributed by atoms with E-state index in [1.165, 1.54) is 55.3 Å². The van der Waals surface area contributed by atoms with Gasteiger partial charge in [-0.05, 0) is 108 Å². The SMILES string of the molecule is c1ccc(-c2cc(-c3ccc(-c4cccnc4)cc3)nc(-c3ccc(-c4cccc5c4C(c4ccccc4)(c4ccccc4)c4cc6ccccc6cc4-5)c4ccccc34)n2)cc1. The number of benzene rings is 9. The molecule has 0 radical (unpaired) electrons. The molecule has 0 atom stereocenters. The van der Waals surface area contributed by atoms with Crippen LogP contribution in [0.15, 0.2) is 237 Å². The molecule has 0 saturated heterocycles. The molecule has 0 N–H and O–H groups in total. The van der Waals surface area contributed by atoms with Crippen LogP contribution in [0.2, 0.25) is 0 Å². The molecule has 2 heterocycles. The Morgan fingerprint density at radius 1 is 0.333 bits per heavy atom. The summed E-state index contributed by atoms with van der Waals surface area (Å²) in [7, 11) is 0. The van der Waals surface area contributed by atoms with Crippen LogP contribution in [0, 0.1) is 0 Å². The van der Waals surface area contributed by atoms with Gasteiger partial charge in [-0.2, -0.15) is 0 Å². The van der Waals surface area contributed by atoms with Gasteiger partial charge in [-0.15, -0.1) is 0 Å². The highest BCUT2D eigenvalue weighted by atomic mass is 14.9. The van der Waals surface area contributed by atoms with E-state index in [1.54, 1.807) is 6.20 Å². The van der Waals surface area contributed by atoms with Crippen molar-refractivity contribution in [2.45, 2.75) is 5.41 Å². The van der Waals surface area contributed by atoms with Gasteiger partial charge in [0.15, 0.2) is 5.82 Å². The maximum atomic E-state index is 5.34. The Kier molecular flexibility index (Phi) is 8.72. The normalized spacial score (nSPS) is 12.6. The molecule has 294 valence electrons. The van der Waals surface area contributed by atoms with Gasteiger partial charge < -0.3 is 0 Å². The molecule has 0 saturated carbocycles. The van der Waals surface area contributed by atoms with E-state index in [2.05, 4.69) is 217 Å². The van der Waals surface area contributed by atoms with Crippen LogP contribution >= 0.6 is 0 Å². The first-order valence-electron chi connectivity index (χ1n) is 21.5. The molecule has 9 aromatic carbocycles. The second-order valence-corrected chi connectivity index (χ2v) is 16.3. The van der Waals surface area contributed by atoms with Crippen LogP contribution in [-0.4, -0.2) is 15.0 Å². The fourth-order valence-electron chi connectivity index (χ4n) is 10.0. The lowest BCUT2D eigenvalue weighted by molar-refractivity contribution is 0.771. The lowest BCUT2D eigenvalue weighted by Gasteiger charge is -2.35. The predicted molar refractivity (Wildman–Crippen MR) is 259 cm³/mol. The van der Waals surface area contributed by atoms with Gasteiger partial charge in [0.05, 0.1) is 16.8 Å². The summed E-state index contributed by atoms with van der Waals surface area (Å²) in [6, 6.07) is 81.1. The number of aromatic nitrogens is 3. The first-order chi connectivity index (χ1) is 31.2. The molecule has 0 unspecified atom stereocenters. The van der Waals surface area contributed by atoms with Gasteiger partial charge in [-0.25, -0.2) is 9.97 Å². The molecular formula is C60H39N3. The van der Waals surface area contributed by atoms with Gasteiger partial charge in [-0.1, -0.05) is 194 Å². The molecule has 63 heavy (non-hydrogen) atoms. The van der Waals surface area contributed by atoms with E-state index < -0.39 is 5.41 Å². The first-order valence-corrected chi connectivity index (χ1v) is 21.5. The van der Waals surface area contributed by atoms with E-state index in [0.29, 0.717) is 5.82 Å². The molecule has 0 amide bonds. The van der Waals surface area contributed by atoms with E-state index in [9.17, 15) is 0 Å². The van der Waals surface area contributed by atoms with Crippen LogP contribution in [0.1, 0.15) is 22.3 Å². The zero-order valence-corrected chi connectivity index (χ0v) is 34.4. The lowest BCUT2D eigenvalue weighted by atomic mass is 9.66. The van der Waals surface area contributed by atoms with Crippen molar-refractivity contribution in [3.63, 3.8) is 0 Å². The third kappa shape index (κ3) is 6.01. The molecule has 3 nitrogen and oxygen atoms in total. The van der Waals surface area contributed by atoms with Crippen molar-refractivity contribution in [2.24, 2.45) is 0 Å². The van der Waals surface area contributed by atoms with Crippen LogP contribution in [-0.2, 0) is 5.41 Å². The number of hydrogen-bond donors (Lipinski definition) is 0. The predicted octanol–water partition coefficient (Wildman–Crippen LogP) is 14.9. The molecule has 0 bridgehead atoms. The summed E-state index contributed by atoms with van der Waals surface area (Å²) in [5.74, 6) is 0.686. The molecule has 1 aliphatic carbocycles. The number of hydrogen-bond acceptors (Lipinski definition) is 3. The molecule has 12 rings (SSSR count). The lowest BCUT2D eigenvalue weighted by Crippen LogP contribution is -2.29. The van der Waals surface area contributed by atoms with Crippen LogP contribution in [0.25, 0.3) is 88.8 Å². The van der Waals surface area contributed by atoms with E-state index >= 15 is 0 Å². The highest BCUT2D eigenvalue weighted by Crippen LogP contribution is 2.60. The van der Waals surface area contributed by atoms with Crippen molar-refractivity contribution >= 4 is 21.5 Å². The van der Waals surface area contributed by atoms with Crippen molar-refractivity contribution in [3.05, 3.63) is 259 Å². The molecule has 0 aliphatic heterocycles. The summed E-state index contributed by atoms with van der Waals surface area (Å²) in [5.41, 5.74) is 16.4. The standard InChI is InChI=1S/C60H39N3/c1-4-16-41(17-5-1)56-38-57(42-31-29-40(30-32-42)45-20-15-35-61-39-45)63-59(62-56)53-34-33-50(48-25-12-13-26-49(48)53)51-27-14-28-52-54-36-43-18-10-11-19-44(43)37-55(54)60(58(51)52,46-21-6-2-7-22-46)47-23-8-3-9-24-47/h1-39H. The Morgan fingerprint density at radius 2 is 0.857 bits per heavy atom. The monoisotopic (exact) mass is 801 g/mol. The van der Waals surface area contributed by atoms with Crippen molar-refractivity contribution in [2.75, 3.05) is 0 Å². The van der Waals surface area contributed by atoms with E-state index in [0.717, 1.165) is 50.0 Å². The van der Waals surface area contributed by atoms with Crippen LogP contribution in [0.5, 0.6) is 0 Å². The molecule has 2 aromatic heterocycles. The van der Waals surface area contributed by atoms with Crippen LogP contribution < -0.4 is 0 Å². The minimum absolute atomic E-state index is 0.581. The zero-order chi connectivity index (χ0) is 41.7. The second kappa shape index (κ2) is 15.0. The molecule has 0 fully saturated rings. The topological polar surface area (TPSA) is 38.7 Å². The van der Waals surface area contributed by atoms with Gasteiger partial charge in [0.25, 0.3) is 0 Å². The highest BCUT2D eigenvalue weighted by Gasteiger charge is 2.48. The summed E-state index contributed by atoms with van der Waals surface area (Å²) in [6.45, 7) is 0. The van der Waals surface area contributed by atoms with Crippen molar-refractivity contribution in [1.82, 2.24) is 15.0 Å². The average Bonchev–Trinajstić information content (AvgIpc) is 3.66.